The Labute approximate surface area is 72.6 Å². The fraction of sp³-hybridized carbons (Fsp3) is 0.300. The largest absolute Gasteiger partial charge is 0.382 e. The van der Waals surface area contributed by atoms with E-state index in [1.807, 2.05) is 31.2 Å². The van der Waals surface area contributed by atoms with Crippen LogP contribution in [0.15, 0.2) is 24.3 Å². The maximum absolute atomic E-state index is 10.2. The zero-order chi connectivity index (χ0) is 8.81. The second kappa shape index (κ2) is 4.54. The SMILES string of the molecule is CC(CC=O)Nc1cc[c]cc1. The van der Waals surface area contributed by atoms with Crippen molar-refractivity contribution < 1.29 is 4.79 Å². The molecule has 2 nitrogen and oxygen atoms in total. The van der Waals surface area contributed by atoms with E-state index in [0.717, 1.165) is 12.0 Å². The first-order valence-electron chi connectivity index (χ1n) is 3.99. The zero-order valence-electron chi connectivity index (χ0n) is 7.08. The minimum atomic E-state index is 0.199. The molecule has 0 aliphatic rings. The highest BCUT2D eigenvalue weighted by atomic mass is 16.1. The Morgan fingerprint density at radius 1 is 1.58 bits per heavy atom. The van der Waals surface area contributed by atoms with Crippen molar-refractivity contribution in [2.24, 2.45) is 0 Å². The standard InChI is InChI=1S/C10H12NO/c1-9(7-8-12)11-10-5-3-2-4-6-10/h3-6,8-9,11H,7H2,1H3. The van der Waals surface area contributed by atoms with Crippen molar-refractivity contribution in [1.82, 2.24) is 0 Å². The molecular formula is C10H12NO. The molecule has 0 bridgehead atoms. The highest BCUT2D eigenvalue weighted by molar-refractivity contribution is 5.52. The Kier molecular flexibility index (Phi) is 3.33. The van der Waals surface area contributed by atoms with Gasteiger partial charge in [-0.05, 0) is 25.1 Å². The normalized spacial score (nSPS) is 12.1. The molecule has 1 radical (unpaired) electrons. The molecule has 0 aromatic heterocycles. The topological polar surface area (TPSA) is 29.1 Å². The van der Waals surface area contributed by atoms with Gasteiger partial charge in [-0.2, -0.15) is 0 Å². The predicted octanol–water partition coefficient (Wildman–Crippen LogP) is 1.88. The van der Waals surface area contributed by atoms with E-state index in [-0.39, 0.29) is 6.04 Å². The van der Waals surface area contributed by atoms with Gasteiger partial charge in [-0.15, -0.1) is 0 Å². The maximum Gasteiger partial charge on any atom is 0.122 e. The minimum absolute atomic E-state index is 0.199. The van der Waals surface area contributed by atoms with E-state index in [1.165, 1.54) is 0 Å². The van der Waals surface area contributed by atoms with E-state index in [1.54, 1.807) is 0 Å². The van der Waals surface area contributed by atoms with Crippen LogP contribution in [0.3, 0.4) is 0 Å². The summed E-state index contributed by atoms with van der Waals surface area (Å²) in [7, 11) is 0. The van der Waals surface area contributed by atoms with Crippen LogP contribution in [0.2, 0.25) is 0 Å². The average Bonchev–Trinajstić information content (AvgIpc) is 2.06. The first-order valence-corrected chi connectivity index (χ1v) is 3.99. The van der Waals surface area contributed by atoms with Crippen LogP contribution in [0.5, 0.6) is 0 Å². The molecule has 0 saturated carbocycles. The van der Waals surface area contributed by atoms with Crippen LogP contribution in [0, 0.1) is 6.07 Å². The highest BCUT2D eigenvalue weighted by Gasteiger charge is 1.98. The third kappa shape index (κ3) is 2.74. The first-order chi connectivity index (χ1) is 5.83. The molecule has 1 rings (SSSR count). The minimum Gasteiger partial charge on any atom is -0.382 e. The number of hydrogen-bond acceptors (Lipinski definition) is 2. The van der Waals surface area contributed by atoms with E-state index >= 15 is 0 Å². The van der Waals surface area contributed by atoms with Gasteiger partial charge in [0.1, 0.15) is 6.29 Å². The van der Waals surface area contributed by atoms with Gasteiger partial charge in [0.15, 0.2) is 0 Å². The van der Waals surface area contributed by atoms with E-state index in [4.69, 9.17) is 0 Å². The van der Waals surface area contributed by atoms with Gasteiger partial charge in [0, 0.05) is 18.2 Å². The van der Waals surface area contributed by atoms with Crippen molar-refractivity contribution in [3.63, 3.8) is 0 Å². The lowest BCUT2D eigenvalue weighted by Crippen LogP contribution is -2.14. The van der Waals surface area contributed by atoms with Crippen LogP contribution in [0.25, 0.3) is 0 Å². The number of rotatable bonds is 4. The molecule has 1 aromatic carbocycles. The monoisotopic (exact) mass is 162 g/mol. The van der Waals surface area contributed by atoms with Crippen molar-refractivity contribution in [3.05, 3.63) is 30.3 Å². The molecule has 1 aromatic rings. The molecule has 1 N–H and O–H groups in total. The van der Waals surface area contributed by atoms with Crippen molar-refractivity contribution in [3.8, 4) is 0 Å². The smallest absolute Gasteiger partial charge is 0.122 e. The van der Waals surface area contributed by atoms with Crippen molar-refractivity contribution in [1.29, 1.82) is 0 Å². The molecule has 0 fully saturated rings. The number of benzene rings is 1. The van der Waals surface area contributed by atoms with Gasteiger partial charge >= 0.3 is 0 Å². The summed E-state index contributed by atoms with van der Waals surface area (Å²) in [4.78, 5) is 10.2. The highest BCUT2D eigenvalue weighted by Crippen LogP contribution is 2.07. The van der Waals surface area contributed by atoms with Gasteiger partial charge in [-0.3, -0.25) is 0 Å². The lowest BCUT2D eigenvalue weighted by Gasteiger charge is -2.11. The molecule has 12 heavy (non-hydrogen) atoms. The number of hydrogen-bond donors (Lipinski definition) is 1. The molecule has 0 saturated heterocycles. The summed E-state index contributed by atoms with van der Waals surface area (Å²) in [6.07, 6.45) is 1.46. The van der Waals surface area contributed by atoms with Crippen LogP contribution in [-0.4, -0.2) is 12.3 Å². The second-order valence-electron chi connectivity index (χ2n) is 2.74. The fourth-order valence-corrected chi connectivity index (χ4v) is 0.971. The van der Waals surface area contributed by atoms with Gasteiger partial charge in [-0.25, -0.2) is 0 Å². The molecule has 1 unspecified atom stereocenters. The second-order valence-corrected chi connectivity index (χ2v) is 2.74. The number of aldehydes is 1. The quantitative estimate of drug-likeness (QED) is 0.685. The molecular weight excluding hydrogens is 150 g/mol. The van der Waals surface area contributed by atoms with Crippen LogP contribution >= 0.6 is 0 Å². The summed E-state index contributed by atoms with van der Waals surface area (Å²) >= 11 is 0. The molecule has 0 aliphatic heterocycles. The molecule has 1 atom stereocenters. The van der Waals surface area contributed by atoms with Gasteiger partial charge in [0.25, 0.3) is 0 Å². The molecule has 2 heteroatoms. The summed E-state index contributed by atoms with van der Waals surface area (Å²) in [6.45, 7) is 1.98. The Morgan fingerprint density at radius 3 is 2.83 bits per heavy atom. The van der Waals surface area contributed by atoms with Crippen LogP contribution in [0.1, 0.15) is 13.3 Å². The molecule has 0 amide bonds. The summed E-state index contributed by atoms with van der Waals surface area (Å²) in [6, 6.07) is 10.7. The third-order valence-corrected chi connectivity index (χ3v) is 1.58. The van der Waals surface area contributed by atoms with Crippen LogP contribution in [-0.2, 0) is 4.79 Å². The molecule has 63 valence electrons. The van der Waals surface area contributed by atoms with Crippen molar-refractivity contribution >= 4 is 12.0 Å². The Bertz CT molecular complexity index is 233. The zero-order valence-corrected chi connectivity index (χ0v) is 7.08. The number of carbonyl (C=O) groups excluding carboxylic acids is 1. The average molecular weight is 162 g/mol. The predicted molar refractivity (Wildman–Crippen MR) is 49.0 cm³/mol. The molecule has 0 aliphatic carbocycles. The van der Waals surface area contributed by atoms with Gasteiger partial charge in [0.05, 0.1) is 0 Å². The van der Waals surface area contributed by atoms with E-state index in [0.29, 0.717) is 6.42 Å². The van der Waals surface area contributed by atoms with E-state index in [9.17, 15) is 4.79 Å². The van der Waals surface area contributed by atoms with Crippen LogP contribution in [0.4, 0.5) is 5.69 Å². The maximum atomic E-state index is 10.2. The number of anilines is 1. The summed E-state index contributed by atoms with van der Waals surface area (Å²) in [5, 5.41) is 3.19. The van der Waals surface area contributed by atoms with Gasteiger partial charge < -0.3 is 10.1 Å². The van der Waals surface area contributed by atoms with E-state index < -0.39 is 0 Å². The Morgan fingerprint density at radius 2 is 2.25 bits per heavy atom. The fourth-order valence-electron chi connectivity index (χ4n) is 0.971. The first kappa shape index (κ1) is 8.78. The number of carbonyl (C=O) groups is 1. The molecule has 0 spiro atoms. The third-order valence-electron chi connectivity index (χ3n) is 1.58. The lowest BCUT2D eigenvalue weighted by molar-refractivity contribution is -0.107. The molecule has 0 heterocycles. The Hall–Kier alpha value is -1.31. The van der Waals surface area contributed by atoms with Gasteiger partial charge in [-0.1, -0.05) is 12.1 Å². The number of nitrogens with one attached hydrogen (secondary N) is 1. The lowest BCUT2D eigenvalue weighted by atomic mass is 10.2. The summed E-state index contributed by atoms with van der Waals surface area (Å²) in [5.41, 5.74) is 1.03. The summed E-state index contributed by atoms with van der Waals surface area (Å²) < 4.78 is 0. The van der Waals surface area contributed by atoms with Crippen molar-refractivity contribution in [2.75, 3.05) is 5.32 Å². The van der Waals surface area contributed by atoms with Crippen LogP contribution < -0.4 is 5.32 Å². The van der Waals surface area contributed by atoms with E-state index in [2.05, 4.69) is 11.4 Å². The van der Waals surface area contributed by atoms with Gasteiger partial charge in [0.2, 0.25) is 0 Å². The van der Waals surface area contributed by atoms with Crippen molar-refractivity contribution in [2.45, 2.75) is 19.4 Å². The summed E-state index contributed by atoms with van der Waals surface area (Å²) in [5.74, 6) is 0. The Balaban J connectivity index is 2.46.